The number of benzene rings is 3. The number of carbonyl (C=O) groups excluding carboxylic acids is 2. The van der Waals surface area contributed by atoms with Crippen LogP contribution < -0.4 is 14.2 Å². The van der Waals surface area contributed by atoms with Gasteiger partial charge in [-0.3, -0.25) is 14.5 Å². The Morgan fingerprint density at radius 1 is 0.973 bits per heavy atom. The molecular formula is C28H23ClN2O5S. The van der Waals surface area contributed by atoms with Gasteiger partial charge in [0.05, 0.1) is 34.7 Å². The predicted octanol–water partition coefficient (Wildman–Crippen LogP) is 6.30. The van der Waals surface area contributed by atoms with E-state index in [1.165, 1.54) is 0 Å². The first-order valence-corrected chi connectivity index (χ1v) is 12.7. The van der Waals surface area contributed by atoms with Crippen molar-refractivity contribution in [3.05, 3.63) is 93.3 Å². The van der Waals surface area contributed by atoms with Gasteiger partial charge < -0.3 is 14.2 Å². The Bertz CT molecular complexity index is 1380. The van der Waals surface area contributed by atoms with Crippen molar-refractivity contribution in [3.8, 4) is 23.3 Å². The molecule has 188 valence electrons. The van der Waals surface area contributed by atoms with Crippen LogP contribution in [0.1, 0.15) is 23.6 Å². The van der Waals surface area contributed by atoms with E-state index < -0.39 is 0 Å². The van der Waals surface area contributed by atoms with Crippen LogP contribution in [0.4, 0.5) is 4.79 Å². The summed E-state index contributed by atoms with van der Waals surface area (Å²) in [6.07, 6.45) is 1.65. The second-order valence-corrected chi connectivity index (χ2v) is 9.21. The molecule has 0 N–H and O–H groups in total. The summed E-state index contributed by atoms with van der Waals surface area (Å²) in [4.78, 5) is 26.8. The topological polar surface area (TPSA) is 88.9 Å². The summed E-state index contributed by atoms with van der Waals surface area (Å²) in [7, 11) is 0. The van der Waals surface area contributed by atoms with Gasteiger partial charge in [-0.15, -0.1) is 0 Å². The SMILES string of the molecule is CCOc1cc(/C=C2\SC(=O)N(CCOc3ccccc3Cl)C2=O)ccc1OCc1ccccc1C#N. The van der Waals surface area contributed by atoms with Gasteiger partial charge in [0.2, 0.25) is 0 Å². The third-order valence-corrected chi connectivity index (χ3v) is 6.59. The zero-order valence-corrected chi connectivity index (χ0v) is 21.6. The maximum atomic E-state index is 12.9. The van der Waals surface area contributed by atoms with Gasteiger partial charge in [-0.05, 0) is 60.7 Å². The van der Waals surface area contributed by atoms with Gasteiger partial charge in [0.1, 0.15) is 19.0 Å². The molecular weight excluding hydrogens is 512 g/mol. The molecule has 0 saturated carbocycles. The first-order chi connectivity index (χ1) is 18.0. The molecule has 3 aromatic rings. The Labute approximate surface area is 224 Å². The normalized spacial score (nSPS) is 14.1. The van der Waals surface area contributed by atoms with E-state index in [9.17, 15) is 14.9 Å². The molecule has 0 bridgehead atoms. The van der Waals surface area contributed by atoms with Crippen molar-refractivity contribution >= 4 is 40.6 Å². The van der Waals surface area contributed by atoms with E-state index in [1.807, 2.05) is 19.1 Å². The molecule has 1 saturated heterocycles. The van der Waals surface area contributed by atoms with E-state index in [1.54, 1.807) is 60.7 Å². The van der Waals surface area contributed by atoms with Crippen molar-refractivity contribution in [1.82, 2.24) is 4.90 Å². The standard InChI is InChI=1S/C28H23ClN2O5S/c1-2-34-25-15-19(11-12-24(25)36-18-21-8-4-3-7-20(21)17-30)16-26-27(32)31(28(33)37-26)13-14-35-23-10-6-5-9-22(23)29/h3-12,15-16H,2,13-14,18H2,1H3/b26-16-. The first-order valence-electron chi connectivity index (χ1n) is 11.5. The summed E-state index contributed by atoms with van der Waals surface area (Å²) in [6.45, 7) is 2.71. The molecule has 0 atom stereocenters. The highest BCUT2D eigenvalue weighted by Crippen LogP contribution is 2.35. The van der Waals surface area contributed by atoms with Crippen LogP contribution in [0, 0.1) is 11.3 Å². The summed E-state index contributed by atoms with van der Waals surface area (Å²) in [5.74, 6) is 1.12. The lowest BCUT2D eigenvalue weighted by molar-refractivity contribution is -0.123. The highest BCUT2D eigenvalue weighted by Gasteiger charge is 2.34. The first kappa shape index (κ1) is 26.1. The molecule has 1 aliphatic rings. The van der Waals surface area contributed by atoms with E-state index >= 15 is 0 Å². The third kappa shape index (κ3) is 6.45. The number of hydrogen-bond donors (Lipinski definition) is 0. The van der Waals surface area contributed by atoms with Gasteiger partial charge in [-0.25, -0.2) is 0 Å². The van der Waals surface area contributed by atoms with Crippen LogP contribution in [-0.4, -0.2) is 35.8 Å². The van der Waals surface area contributed by atoms with Gasteiger partial charge in [-0.1, -0.05) is 48.0 Å². The van der Waals surface area contributed by atoms with Crippen LogP contribution in [0.5, 0.6) is 17.2 Å². The number of thioether (sulfide) groups is 1. The van der Waals surface area contributed by atoms with E-state index in [-0.39, 0.29) is 30.9 Å². The Morgan fingerprint density at radius 3 is 2.54 bits per heavy atom. The quantitative estimate of drug-likeness (QED) is 0.282. The molecule has 3 aromatic carbocycles. The zero-order valence-electron chi connectivity index (χ0n) is 20.0. The van der Waals surface area contributed by atoms with Gasteiger partial charge in [0.15, 0.2) is 11.5 Å². The summed E-state index contributed by atoms with van der Waals surface area (Å²) in [6, 6.07) is 21.7. The second-order valence-electron chi connectivity index (χ2n) is 7.81. The maximum absolute atomic E-state index is 12.9. The zero-order chi connectivity index (χ0) is 26.2. The molecule has 1 aliphatic heterocycles. The van der Waals surface area contributed by atoms with E-state index in [2.05, 4.69) is 6.07 Å². The van der Waals surface area contributed by atoms with Crippen molar-refractivity contribution in [2.75, 3.05) is 19.8 Å². The number of hydrogen-bond acceptors (Lipinski definition) is 7. The fraction of sp³-hybridized carbons (Fsp3) is 0.179. The van der Waals surface area contributed by atoms with Crippen molar-refractivity contribution in [1.29, 1.82) is 5.26 Å². The number of carbonyl (C=O) groups is 2. The Hall–Kier alpha value is -3.93. The monoisotopic (exact) mass is 534 g/mol. The van der Waals surface area contributed by atoms with Crippen molar-refractivity contribution < 1.29 is 23.8 Å². The van der Waals surface area contributed by atoms with E-state index in [0.29, 0.717) is 44.9 Å². The summed E-state index contributed by atoms with van der Waals surface area (Å²) < 4.78 is 17.3. The molecule has 0 aromatic heterocycles. The molecule has 9 heteroatoms. The Balaban J connectivity index is 1.44. The van der Waals surface area contributed by atoms with Gasteiger partial charge in [-0.2, -0.15) is 5.26 Å². The Kier molecular flexibility index (Phi) is 8.72. The van der Waals surface area contributed by atoms with Crippen LogP contribution >= 0.6 is 23.4 Å². The number of ether oxygens (including phenoxy) is 3. The van der Waals surface area contributed by atoms with Crippen LogP contribution in [0.2, 0.25) is 5.02 Å². The number of halogens is 1. The number of para-hydroxylation sites is 1. The highest BCUT2D eigenvalue weighted by molar-refractivity contribution is 8.18. The average Bonchev–Trinajstić information content (AvgIpc) is 3.17. The van der Waals surface area contributed by atoms with Crippen LogP contribution in [0.25, 0.3) is 6.08 Å². The number of amides is 2. The fourth-order valence-corrected chi connectivity index (χ4v) is 4.62. The van der Waals surface area contributed by atoms with Gasteiger partial charge >= 0.3 is 0 Å². The average molecular weight is 535 g/mol. The second kappa shape index (κ2) is 12.3. The molecule has 0 unspecified atom stereocenters. The maximum Gasteiger partial charge on any atom is 0.293 e. The molecule has 2 amide bonds. The number of nitriles is 1. The minimum Gasteiger partial charge on any atom is -0.490 e. The fourth-order valence-electron chi connectivity index (χ4n) is 3.57. The van der Waals surface area contributed by atoms with Crippen molar-refractivity contribution in [2.45, 2.75) is 13.5 Å². The Morgan fingerprint density at radius 2 is 1.76 bits per heavy atom. The molecule has 1 heterocycles. The summed E-state index contributed by atoms with van der Waals surface area (Å²) in [5, 5.41) is 9.39. The lowest BCUT2D eigenvalue weighted by atomic mass is 10.1. The minimum absolute atomic E-state index is 0.106. The lowest BCUT2D eigenvalue weighted by Gasteiger charge is -2.14. The number of rotatable bonds is 10. The van der Waals surface area contributed by atoms with Crippen LogP contribution in [-0.2, 0) is 11.4 Å². The number of nitrogens with zero attached hydrogens (tertiary/aromatic N) is 2. The van der Waals surface area contributed by atoms with E-state index in [4.69, 9.17) is 25.8 Å². The highest BCUT2D eigenvalue weighted by atomic mass is 35.5. The summed E-state index contributed by atoms with van der Waals surface area (Å²) in [5.41, 5.74) is 2.00. The summed E-state index contributed by atoms with van der Waals surface area (Å²) >= 11 is 6.96. The third-order valence-electron chi connectivity index (χ3n) is 5.37. The molecule has 37 heavy (non-hydrogen) atoms. The van der Waals surface area contributed by atoms with Gasteiger partial charge in [0.25, 0.3) is 11.1 Å². The van der Waals surface area contributed by atoms with Crippen LogP contribution in [0.3, 0.4) is 0 Å². The molecule has 7 nitrogen and oxygen atoms in total. The van der Waals surface area contributed by atoms with Crippen molar-refractivity contribution in [3.63, 3.8) is 0 Å². The number of imide groups is 1. The van der Waals surface area contributed by atoms with E-state index in [0.717, 1.165) is 22.2 Å². The van der Waals surface area contributed by atoms with Crippen molar-refractivity contribution in [2.24, 2.45) is 0 Å². The minimum atomic E-state index is -0.385. The van der Waals surface area contributed by atoms with Crippen LogP contribution in [0.15, 0.2) is 71.6 Å². The smallest absolute Gasteiger partial charge is 0.293 e. The molecule has 0 radical (unpaired) electrons. The predicted molar refractivity (Wildman–Crippen MR) is 143 cm³/mol. The molecule has 0 spiro atoms. The molecule has 0 aliphatic carbocycles. The largest absolute Gasteiger partial charge is 0.490 e. The molecule has 4 rings (SSSR count). The van der Waals surface area contributed by atoms with Gasteiger partial charge in [0, 0.05) is 5.56 Å². The lowest BCUT2D eigenvalue weighted by Crippen LogP contribution is -2.32. The molecule has 1 fully saturated rings.